The summed E-state index contributed by atoms with van der Waals surface area (Å²) in [7, 11) is 1.61. The number of hydrogen-bond acceptors (Lipinski definition) is 4. The molecule has 0 fully saturated rings. The molecule has 0 aliphatic rings. The predicted molar refractivity (Wildman–Crippen MR) is 105 cm³/mol. The highest BCUT2D eigenvalue weighted by atomic mass is 16.5. The van der Waals surface area contributed by atoms with Crippen LogP contribution < -0.4 is 14.8 Å². The summed E-state index contributed by atoms with van der Waals surface area (Å²) in [5, 5.41) is 13.4. The number of benzene rings is 2. The molecule has 4 heteroatoms. The molecule has 2 rings (SSSR count). The van der Waals surface area contributed by atoms with Gasteiger partial charge in [-0.25, -0.2) is 0 Å². The molecule has 26 heavy (non-hydrogen) atoms. The summed E-state index contributed by atoms with van der Waals surface area (Å²) in [5.74, 6) is 7.55. The maximum Gasteiger partial charge on any atom is 0.138 e. The van der Waals surface area contributed by atoms with Gasteiger partial charge in [-0.2, -0.15) is 0 Å². The Morgan fingerprint density at radius 1 is 1.08 bits per heavy atom. The molecular weight excluding hydrogens is 326 g/mol. The van der Waals surface area contributed by atoms with E-state index in [0.717, 1.165) is 11.1 Å². The number of hydrogen-bond donors (Lipinski definition) is 2. The first-order chi connectivity index (χ1) is 12.4. The zero-order chi connectivity index (χ0) is 19.0. The van der Waals surface area contributed by atoms with Crippen LogP contribution in [0.1, 0.15) is 31.9 Å². The lowest BCUT2D eigenvalue weighted by Gasteiger charge is -2.23. The predicted octanol–water partition coefficient (Wildman–Crippen LogP) is 3.22. The van der Waals surface area contributed by atoms with E-state index in [1.54, 1.807) is 13.2 Å². The summed E-state index contributed by atoms with van der Waals surface area (Å²) in [6.07, 6.45) is -0.615. The summed E-state index contributed by atoms with van der Waals surface area (Å²) < 4.78 is 11.1. The molecule has 0 amide bonds. The van der Waals surface area contributed by atoms with Crippen molar-refractivity contribution in [2.75, 3.05) is 20.3 Å². The molecule has 0 aliphatic carbocycles. The lowest BCUT2D eigenvalue weighted by Crippen LogP contribution is -2.42. The van der Waals surface area contributed by atoms with E-state index >= 15 is 0 Å². The molecule has 1 atom stereocenters. The summed E-state index contributed by atoms with van der Waals surface area (Å²) in [6.45, 7) is 6.80. The van der Waals surface area contributed by atoms with Gasteiger partial charge in [0, 0.05) is 23.7 Å². The monoisotopic (exact) mass is 353 g/mol. The van der Waals surface area contributed by atoms with Gasteiger partial charge >= 0.3 is 0 Å². The van der Waals surface area contributed by atoms with Crippen molar-refractivity contribution in [2.24, 2.45) is 0 Å². The van der Waals surface area contributed by atoms with Gasteiger partial charge in [0.25, 0.3) is 0 Å². The van der Waals surface area contributed by atoms with Crippen molar-refractivity contribution in [1.29, 1.82) is 0 Å². The van der Waals surface area contributed by atoms with E-state index in [1.807, 2.05) is 42.5 Å². The second-order valence-corrected chi connectivity index (χ2v) is 7.07. The Kier molecular flexibility index (Phi) is 7.08. The molecule has 0 saturated carbocycles. The number of nitrogens with one attached hydrogen (secondary N) is 1. The van der Waals surface area contributed by atoms with E-state index < -0.39 is 6.10 Å². The molecule has 2 N–H and O–H groups in total. The van der Waals surface area contributed by atoms with Crippen LogP contribution in [0.15, 0.2) is 48.5 Å². The summed E-state index contributed by atoms with van der Waals surface area (Å²) in [4.78, 5) is 0. The molecule has 0 aromatic heterocycles. The van der Waals surface area contributed by atoms with Crippen LogP contribution in [0.2, 0.25) is 0 Å². The van der Waals surface area contributed by atoms with Crippen LogP contribution in [-0.2, 0) is 0 Å². The van der Waals surface area contributed by atoms with Gasteiger partial charge in [0.05, 0.1) is 12.7 Å². The summed E-state index contributed by atoms with van der Waals surface area (Å²) in [5.41, 5.74) is 1.64. The van der Waals surface area contributed by atoms with Crippen molar-refractivity contribution < 1.29 is 14.6 Å². The molecule has 0 bridgehead atoms. The second-order valence-electron chi connectivity index (χ2n) is 7.07. The van der Waals surface area contributed by atoms with Crippen LogP contribution in [-0.4, -0.2) is 37.0 Å². The van der Waals surface area contributed by atoms with E-state index in [4.69, 9.17) is 9.47 Å². The maximum absolute atomic E-state index is 10.1. The molecule has 2 aromatic rings. The van der Waals surface area contributed by atoms with Gasteiger partial charge in [0.15, 0.2) is 0 Å². The second kappa shape index (κ2) is 9.28. The van der Waals surface area contributed by atoms with Crippen LogP contribution in [0, 0.1) is 11.8 Å². The van der Waals surface area contributed by atoms with Crippen LogP contribution in [0.25, 0.3) is 0 Å². The third-order valence-electron chi connectivity index (χ3n) is 3.60. The van der Waals surface area contributed by atoms with Crippen LogP contribution in [0.5, 0.6) is 11.5 Å². The first-order valence-electron chi connectivity index (χ1n) is 8.68. The first-order valence-corrected chi connectivity index (χ1v) is 8.68. The lowest BCUT2D eigenvalue weighted by molar-refractivity contribution is 0.0998. The lowest BCUT2D eigenvalue weighted by atomic mass is 10.1. The minimum absolute atomic E-state index is 0.0523. The average Bonchev–Trinajstić information content (AvgIpc) is 2.63. The summed E-state index contributed by atoms with van der Waals surface area (Å²) in [6, 6.07) is 15.3. The van der Waals surface area contributed by atoms with E-state index in [-0.39, 0.29) is 12.1 Å². The van der Waals surface area contributed by atoms with E-state index in [2.05, 4.69) is 37.9 Å². The van der Waals surface area contributed by atoms with Crippen molar-refractivity contribution >= 4 is 0 Å². The molecule has 4 nitrogen and oxygen atoms in total. The van der Waals surface area contributed by atoms with Gasteiger partial charge in [-0.3, -0.25) is 0 Å². The smallest absolute Gasteiger partial charge is 0.138 e. The Bertz CT molecular complexity index is 754. The molecule has 0 heterocycles. The quantitative estimate of drug-likeness (QED) is 0.783. The van der Waals surface area contributed by atoms with Crippen LogP contribution in [0.4, 0.5) is 0 Å². The van der Waals surface area contributed by atoms with Crippen molar-refractivity contribution in [1.82, 2.24) is 5.32 Å². The standard InChI is InChI=1S/C22H27NO3/c1-22(2,3)23-15-19(24)16-26-21-14-20(25-4)13-12-18(21)11-10-17-8-6-5-7-9-17/h5-9,12-14,19,23-24H,15-16H2,1-4H3. The molecule has 0 saturated heterocycles. The maximum atomic E-state index is 10.1. The number of aliphatic hydroxyl groups excluding tert-OH is 1. The van der Waals surface area contributed by atoms with Crippen LogP contribution in [0.3, 0.4) is 0 Å². The fourth-order valence-corrected chi connectivity index (χ4v) is 2.18. The molecule has 0 aliphatic heterocycles. The Hall–Kier alpha value is -2.48. The molecule has 2 aromatic carbocycles. The van der Waals surface area contributed by atoms with Crippen LogP contribution >= 0.6 is 0 Å². The minimum atomic E-state index is -0.615. The fourth-order valence-electron chi connectivity index (χ4n) is 2.18. The van der Waals surface area contributed by atoms with E-state index in [9.17, 15) is 5.11 Å². The number of methoxy groups -OCH3 is 1. The molecule has 0 spiro atoms. The van der Waals surface area contributed by atoms with Gasteiger partial charge in [-0.05, 0) is 45.0 Å². The topological polar surface area (TPSA) is 50.7 Å². The highest BCUT2D eigenvalue weighted by Crippen LogP contribution is 2.24. The van der Waals surface area contributed by atoms with Gasteiger partial charge in [-0.1, -0.05) is 30.0 Å². The minimum Gasteiger partial charge on any atom is -0.497 e. The Morgan fingerprint density at radius 2 is 1.81 bits per heavy atom. The number of β-amino-alcohol motifs (C(OH)–C–C–N with tert-alkyl or cyclic N) is 1. The highest BCUT2D eigenvalue weighted by molar-refractivity contribution is 5.52. The fraction of sp³-hybridized carbons (Fsp3) is 0.364. The zero-order valence-corrected chi connectivity index (χ0v) is 15.9. The Morgan fingerprint density at radius 3 is 2.46 bits per heavy atom. The molecular formula is C22H27NO3. The molecule has 0 radical (unpaired) electrons. The number of ether oxygens (including phenoxy) is 2. The summed E-state index contributed by atoms with van der Waals surface area (Å²) >= 11 is 0. The van der Waals surface area contributed by atoms with Gasteiger partial charge in [0.1, 0.15) is 24.2 Å². The largest absolute Gasteiger partial charge is 0.497 e. The van der Waals surface area contributed by atoms with E-state index in [0.29, 0.717) is 18.0 Å². The SMILES string of the molecule is COc1ccc(C#Cc2ccccc2)c(OCC(O)CNC(C)(C)C)c1. The Labute approximate surface area is 156 Å². The first kappa shape index (κ1) is 19.8. The van der Waals surface area contributed by atoms with Crippen molar-refractivity contribution in [3.8, 4) is 23.3 Å². The van der Waals surface area contributed by atoms with Crippen molar-refractivity contribution in [3.63, 3.8) is 0 Å². The molecule has 1 unspecified atom stereocenters. The van der Waals surface area contributed by atoms with Gasteiger partial charge in [0.2, 0.25) is 0 Å². The normalized spacial score (nSPS) is 12.0. The zero-order valence-electron chi connectivity index (χ0n) is 15.9. The Balaban J connectivity index is 2.09. The highest BCUT2D eigenvalue weighted by Gasteiger charge is 2.13. The number of rotatable bonds is 6. The van der Waals surface area contributed by atoms with Crippen molar-refractivity contribution in [2.45, 2.75) is 32.4 Å². The number of aliphatic hydroxyl groups is 1. The third kappa shape index (κ3) is 6.79. The third-order valence-corrected chi connectivity index (χ3v) is 3.60. The molecule has 138 valence electrons. The van der Waals surface area contributed by atoms with Crippen molar-refractivity contribution in [3.05, 3.63) is 59.7 Å². The average molecular weight is 353 g/mol. The van der Waals surface area contributed by atoms with Gasteiger partial charge < -0.3 is 19.9 Å². The van der Waals surface area contributed by atoms with Gasteiger partial charge in [-0.15, -0.1) is 0 Å². The van der Waals surface area contributed by atoms with E-state index in [1.165, 1.54) is 0 Å².